The number of ether oxygens (including phenoxy) is 1. The molecule has 0 saturated carbocycles. The van der Waals surface area contributed by atoms with E-state index in [1.165, 1.54) is 12.1 Å². The molecule has 1 aliphatic heterocycles. The minimum Gasteiger partial charge on any atom is -0.464 e. The number of nitrogens with zero attached hydrogens (tertiary/aromatic N) is 2. The number of rotatable bonds is 6. The lowest BCUT2D eigenvalue weighted by atomic mass is 9.91. The number of aliphatic hydroxyl groups is 1. The Morgan fingerprint density at radius 2 is 1.90 bits per heavy atom. The number of hydrogen-bond acceptors (Lipinski definition) is 5. The van der Waals surface area contributed by atoms with Crippen LogP contribution < -0.4 is 0 Å². The summed E-state index contributed by atoms with van der Waals surface area (Å²) < 4.78 is 20.3. The van der Waals surface area contributed by atoms with Crippen LogP contribution in [0.3, 0.4) is 0 Å². The first-order valence-corrected chi connectivity index (χ1v) is 10.3. The average Bonchev–Trinajstić information content (AvgIpc) is 3.00. The largest absolute Gasteiger partial charge is 0.464 e. The molecule has 1 aromatic heterocycles. The van der Waals surface area contributed by atoms with Gasteiger partial charge in [0.05, 0.1) is 18.2 Å². The molecule has 0 spiro atoms. The highest BCUT2D eigenvalue weighted by Crippen LogP contribution is 2.27. The molecule has 1 aliphatic rings. The normalized spacial score (nSPS) is 16.5. The number of hydrogen-bond donors (Lipinski definition) is 1. The number of piperidine rings is 1. The van der Waals surface area contributed by atoms with Gasteiger partial charge in [-0.3, -0.25) is 9.69 Å². The molecule has 1 aromatic carbocycles. The van der Waals surface area contributed by atoms with Crippen molar-refractivity contribution in [1.29, 1.82) is 0 Å². The van der Waals surface area contributed by atoms with E-state index in [1.807, 2.05) is 29.4 Å². The predicted octanol–water partition coefficient (Wildman–Crippen LogP) is 3.46. The highest BCUT2D eigenvalue weighted by Gasteiger charge is 2.41. The Labute approximate surface area is 180 Å². The maximum absolute atomic E-state index is 13.5. The number of carbonyl (C=O) groups is 2. The highest BCUT2D eigenvalue weighted by atomic mass is 35.5. The van der Waals surface area contributed by atoms with Crippen molar-refractivity contribution in [2.75, 3.05) is 26.2 Å². The van der Waals surface area contributed by atoms with Crippen LogP contribution in [-0.4, -0.2) is 58.2 Å². The summed E-state index contributed by atoms with van der Waals surface area (Å²) in [5.74, 6) is -1.14. The first-order chi connectivity index (χ1) is 14.2. The van der Waals surface area contributed by atoms with Crippen LogP contribution in [-0.2, 0) is 9.53 Å². The molecule has 0 amide bonds. The molecule has 0 unspecified atom stereocenters. The maximum Gasteiger partial charge on any atom is 0.338 e. The van der Waals surface area contributed by atoms with E-state index in [0.717, 1.165) is 11.4 Å². The maximum atomic E-state index is 13.5. The van der Waals surface area contributed by atoms with E-state index in [1.54, 1.807) is 13.0 Å². The van der Waals surface area contributed by atoms with Crippen molar-refractivity contribution in [2.45, 2.75) is 39.2 Å². The zero-order valence-electron chi connectivity index (χ0n) is 17.4. The fourth-order valence-electron chi connectivity index (χ4n) is 3.91. The molecule has 1 saturated heterocycles. The minimum absolute atomic E-state index is 0.0234. The van der Waals surface area contributed by atoms with E-state index >= 15 is 0 Å². The van der Waals surface area contributed by atoms with Gasteiger partial charge in [-0.25, -0.2) is 9.18 Å². The van der Waals surface area contributed by atoms with E-state index in [2.05, 4.69) is 0 Å². The summed E-state index contributed by atoms with van der Waals surface area (Å²) in [6.45, 7) is 6.67. The summed E-state index contributed by atoms with van der Waals surface area (Å²) in [5.41, 5.74) is 1.38. The summed E-state index contributed by atoms with van der Waals surface area (Å²) in [4.78, 5) is 26.8. The van der Waals surface area contributed by atoms with Gasteiger partial charge in [-0.2, -0.15) is 0 Å². The topological polar surface area (TPSA) is 71.8 Å². The van der Waals surface area contributed by atoms with Gasteiger partial charge >= 0.3 is 5.97 Å². The van der Waals surface area contributed by atoms with E-state index < -0.39 is 17.4 Å². The Morgan fingerprint density at radius 1 is 1.23 bits per heavy atom. The summed E-state index contributed by atoms with van der Waals surface area (Å²) in [7, 11) is 0. The van der Waals surface area contributed by atoms with Gasteiger partial charge in [-0.05, 0) is 57.9 Å². The molecule has 162 valence electrons. The Balaban J connectivity index is 1.71. The minimum atomic E-state index is -1.48. The highest BCUT2D eigenvalue weighted by molar-refractivity contribution is 6.30. The lowest BCUT2D eigenvalue weighted by molar-refractivity contribution is -0.169. The molecule has 2 heterocycles. The zero-order chi connectivity index (χ0) is 22.1. The number of aromatic nitrogens is 1. The molecule has 30 heavy (non-hydrogen) atoms. The molecular weight excluding hydrogens is 411 g/mol. The third kappa shape index (κ3) is 4.43. The molecule has 1 N–H and O–H groups in total. The lowest BCUT2D eigenvalue weighted by Crippen LogP contribution is -2.51. The van der Waals surface area contributed by atoms with Gasteiger partial charge in [0.1, 0.15) is 5.82 Å². The van der Waals surface area contributed by atoms with Crippen LogP contribution in [0.25, 0.3) is 5.69 Å². The van der Waals surface area contributed by atoms with Crippen LogP contribution in [0.1, 0.15) is 41.5 Å². The lowest BCUT2D eigenvalue weighted by Gasteiger charge is -2.35. The summed E-state index contributed by atoms with van der Waals surface area (Å²) in [5, 5.41) is 10.5. The van der Waals surface area contributed by atoms with Crippen LogP contribution >= 0.6 is 11.6 Å². The molecule has 8 heteroatoms. The number of likely N-dealkylation sites (tertiary alicyclic amines) is 1. The third-order valence-corrected chi connectivity index (χ3v) is 5.89. The number of esters is 1. The monoisotopic (exact) mass is 436 g/mol. The first-order valence-electron chi connectivity index (χ1n) is 9.96. The Bertz CT molecular complexity index is 964. The van der Waals surface area contributed by atoms with Crippen molar-refractivity contribution < 1.29 is 23.8 Å². The van der Waals surface area contributed by atoms with Crippen molar-refractivity contribution in [2.24, 2.45) is 0 Å². The van der Waals surface area contributed by atoms with E-state index in [0.29, 0.717) is 24.3 Å². The molecule has 0 radical (unpaired) electrons. The molecular formula is C22H26ClFN2O4. The molecule has 2 aromatic rings. The van der Waals surface area contributed by atoms with Crippen molar-refractivity contribution in [1.82, 2.24) is 9.47 Å². The molecule has 6 nitrogen and oxygen atoms in total. The number of ketones is 1. The predicted molar refractivity (Wildman–Crippen MR) is 112 cm³/mol. The number of carbonyl (C=O) groups excluding carboxylic acids is 2. The van der Waals surface area contributed by atoms with Crippen LogP contribution in [0, 0.1) is 19.7 Å². The Kier molecular flexibility index (Phi) is 6.65. The second-order valence-corrected chi connectivity index (χ2v) is 8.08. The van der Waals surface area contributed by atoms with Crippen molar-refractivity contribution in [3.05, 3.63) is 52.1 Å². The van der Waals surface area contributed by atoms with Gasteiger partial charge in [-0.1, -0.05) is 11.6 Å². The second-order valence-electron chi connectivity index (χ2n) is 7.67. The zero-order valence-corrected chi connectivity index (χ0v) is 18.1. The number of benzene rings is 1. The summed E-state index contributed by atoms with van der Waals surface area (Å²) in [6, 6.07) is 6.27. The van der Waals surface area contributed by atoms with Crippen LogP contribution in [0.2, 0.25) is 5.02 Å². The van der Waals surface area contributed by atoms with Crippen molar-refractivity contribution >= 4 is 23.4 Å². The van der Waals surface area contributed by atoms with Gasteiger partial charge in [0.2, 0.25) is 0 Å². The van der Waals surface area contributed by atoms with Gasteiger partial charge in [0.25, 0.3) is 0 Å². The van der Waals surface area contributed by atoms with Crippen LogP contribution in [0.5, 0.6) is 0 Å². The van der Waals surface area contributed by atoms with Crippen LogP contribution in [0.4, 0.5) is 4.39 Å². The fraction of sp³-hybridized carbons (Fsp3) is 0.455. The molecule has 0 aliphatic carbocycles. The molecule has 1 fully saturated rings. The Hall–Kier alpha value is -2.22. The second kappa shape index (κ2) is 8.88. The van der Waals surface area contributed by atoms with Gasteiger partial charge < -0.3 is 14.4 Å². The number of halogens is 2. The fourth-order valence-corrected chi connectivity index (χ4v) is 4.08. The first kappa shape index (κ1) is 22.5. The molecule has 0 atom stereocenters. The smallest absolute Gasteiger partial charge is 0.338 e. The number of aryl methyl sites for hydroxylation is 1. The Morgan fingerprint density at radius 3 is 2.50 bits per heavy atom. The standard InChI is InChI=1S/C22H26ClFN2O4/c1-4-30-21(28)22(29)7-9-25(10-8-22)13-20(27)17-11-14(2)26(15(17)3)16-5-6-19(24)18(23)12-16/h5-6,11-12,29H,4,7-10,13H2,1-3H3. The van der Waals surface area contributed by atoms with Gasteiger partial charge in [-0.15, -0.1) is 0 Å². The number of Topliss-reactive ketones (excluding diaryl/α,β-unsaturated/α-hetero) is 1. The van der Waals surface area contributed by atoms with E-state index in [4.69, 9.17) is 16.3 Å². The van der Waals surface area contributed by atoms with Crippen molar-refractivity contribution in [3.8, 4) is 5.69 Å². The van der Waals surface area contributed by atoms with Crippen LogP contribution in [0.15, 0.2) is 24.3 Å². The van der Waals surface area contributed by atoms with Gasteiger partial charge in [0, 0.05) is 35.7 Å². The van der Waals surface area contributed by atoms with E-state index in [-0.39, 0.29) is 36.8 Å². The SMILES string of the molecule is CCOC(=O)C1(O)CCN(CC(=O)c2cc(C)n(-c3ccc(F)c(Cl)c3)c2C)CC1. The van der Waals surface area contributed by atoms with E-state index in [9.17, 15) is 19.1 Å². The third-order valence-electron chi connectivity index (χ3n) is 5.60. The van der Waals surface area contributed by atoms with Crippen molar-refractivity contribution in [3.63, 3.8) is 0 Å². The average molecular weight is 437 g/mol. The summed E-state index contributed by atoms with van der Waals surface area (Å²) >= 11 is 5.92. The quantitative estimate of drug-likeness (QED) is 0.554. The molecule has 3 rings (SSSR count). The van der Waals surface area contributed by atoms with Gasteiger partial charge in [0.15, 0.2) is 11.4 Å². The molecule has 0 bridgehead atoms. The summed E-state index contributed by atoms with van der Waals surface area (Å²) in [6.07, 6.45) is 0.457.